The fraction of sp³-hybridized carbons (Fsp3) is 0.500. The number of fused-ring (bicyclic) bond motifs is 1. The molecule has 8 heteroatoms. The molecular weight excluding hydrogens is 428 g/mol. The molecule has 170 valence electrons. The third-order valence-electron chi connectivity index (χ3n) is 5.72. The molecule has 1 aliphatic rings. The topological polar surface area (TPSA) is 115 Å². The summed E-state index contributed by atoms with van der Waals surface area (Å²) in [5.41, 5.74) is 0.896. The number of carbonyl (C=O) groups is 3. The van der Waals surface area contributed by atoms with Crippen LogP contribution in [0.4, 0.5) is 0 Å². The van der Waals surface area contributed by atoms with Crippen LogP contribution in [0.2, 0.25) is 5.02 Å². The normalized spacial score (nSPS) is 18.1. The second-order valence-corrected chi connectivity index (χ2v) is 10.1. The van der Waals surface area contributed by atoms with Crippen molar-refractivity contribution >= 4 is 40.1 Å². The molecule has 32 heavy (non-hydrogen) atoms. The summed E-state index contributed by atoms with van der Waals surface area (Å²) >= 11 is 6.21. The van der Waals surface area contributed by atoms with Crippen molar-refractivity contribution < 1.29 is 14.4 Å². The first-order chi connectivity index (χ1) is 15.1. The maximum absolute atomic E-state index is 13.1. The van der Waals surface area contributed by atoms with Crippen LogP contribution >= 0.6 is 11.6 Å². The SMILES string of the molecule is CC(C)(C)CC(CC(=O)c1cc2cccc(Cl)c2[nH]1)C(=O)NC(C#N)CC1CCNC1=O. The second kappa shape index (κ2) is 9.74. The van der Waals surface area contributed by atoms with Gasteiger partial charge in [-0.3, -0.25) is 14.4 Å². The standard InChI is InChI=1S/C24H29ClN4O3/c1-24(2,3)12-16(23(32)28-17(13-26)9-15-7-8-27-22(15)31)11-20(30)19-10-14-5-4-6-18(25)21(14)29-19/h4-6,10,15-17,29H,7-9,11-12H2,1-3H3,(H,27,31)(H,28,32). The lowest BCUT2D eigenvalue weighted by Crippen LogP contribution is -2.41. The van der Waals surface area contributed by atoms with Crippen molar-refractivity contribution in [1.29, 1.82) is 5.26 Å². The molecule has 0 bridgehead atoms. The van der Waals surface area contributed by atoms with E-state index in [1.54, 1.807) is 12.1 Å². The van der Waals surface area contributed by atoms with Crippen LogP contribution in [0.1, 0.15) is 56.9 Å². The van der Waals surface area contributed by atoms with Crippen molar-refractivity contribution in [2.45, 2.75) is 52.5 Å². The van der Waals surface area contributed by atoms with Gasteiger partial charge in [0.15, 0.2) is 5.78 Å². The lowest BCUT2D eigenvalue weighted by Gasteiger charge is -2.26. The number of hydrogen-bond acceptors (Lipinski definition) is 4. The van der Waals surface area contributed by atoms with E-state index in [1.807, 2.05) is 32.9 Å². The first-order valence-corrected chi connectivity index (χ1v) is 11.2. The van der Waals surface area contributed by atoms with Crippen molar-refractivity contribution in [3.63, 3.8) is 0 Å². The number of ketones is 1. The smallest absolute Gasteiger partial charge is 0.224 e. The number of para-hydroxylation sites is 1. The summed E-state index contributed by atoms with van der Waals surface area (Å²) < 4.78 is 0. The summed E-state index contributed by atoms with van der Waals surface area (Å²) in [6.07, 6.45) is 1.41. The molecule has 2 amide bonds. The Kier molecular flexibility index (Phi) is 7.25. The van der Waals surface area contributed by atoms with Gasteiger partial charge in [-0.1, -0.05) is 44.5 Å². The molecule has 3 unspecified atom stereocenters. The summed E-state index contributed by atoms with van der Waals surface area (Å²) in [6.45, 7) is 6.60. The number of H-pyrrole nitrogens is 1. The number of carbonyl (C=O) groups excluding carboxylic acids is 3. The Hall–Kier alpha value is -2.85. The van der Waals surface area contributed by atoms with E-state index in [0.717, 1.165) is 5.39 Å². The van der Waals surface area contributed by atoms with Gasteiger partial charge in [0.2, 0.25) is 11.8 Å². The Morgan fingerprint density at radius 3 is 2.69 bits per heavy atom. The van der Waals surface area contributed by atoms with Gasteiger partial charge >= 0.3 is 0 Å². The van der Waals surface area contributed by atoms with Gasteiger partial charge in [-0.05, 0) is 36.8 Å². The number of nitrogens with one attached hydrogen (secondary N) is 3. The van der Waals surface area contributed by atoms with E-state index in [0.29, 0.717) is 35.6 Å². The van der Waals surface area contributed by atoms with Gasteiger partial charge in [0, 0.05) is 30.2 Å². The summed E-state index contributed by atoms with van der Waals surface area (Å²) in [6, 6.07) is 8.48. The molecule has 3 atom stereocenters. The highest BCUT2D eigenvalue weighted by Crippen LogP contribution is 2.29. The van der Waals surface area contributed by atoms with Gasteiger partial charge in [-0.15, -0.1) is 0 Å². The number of nitrogens with zero attached hydrogens (tertiary/aromatic N) is 1. The van der Waals surface area contributed by atoms with Crippen molar-refractivity contribution in [2.24, 2.45) is 17.3 Å². The van der Waals surface area contributed by atoms with Gasteiger partial charge in [0.05, 0.1) is 22.3 Å². The average Bonchev–Trinajstić information content (AvgIpc) is 3.33. The van der Waals surface area contributed by atoms with E-state index in [9.17, 15) is 19.6 Å². The number of Topliss-reactive ketones (excluding diaryl/α,β-unsaturated/α-hetero) is 1. The zero-order valence-corrected chi connectivity index (χ0v) is 19.4. The van der Waals surface area contributed by atoms with Crippen LogP contribution in [0, 0.1) is 28.6 Å². The molecule has 7 nitrogen and oxygen atoms in total. The zero-order valence-electron chi connectivity index (χ0n) is 18.6. The largest absolute Gasteiger partial charge is 0.356 e. The molecule has 0 radical (unpaired) electrons. The monoisotopic (exact) mass is 456 g/mol. The van der Waals surface area contributed by atoms with E-state index in [2.05, 4.69) is 21.7 Å². The number of hydrogen-bond donors (Lipinski definition) is 3. The number of benzene rings is 1. The van der Waals surface area contributed by atoms with Crippen LogP contribution in [0.25, 0.3) is 10.9 Å². The predicted molar refractivity (Wildman–Crippen MR) is 123 cm³/mol. The lowest BCUT2D eigenvalue weighted by atomic mass is 9.81. The zero-order chi connectivity index (χ0) is 23.5. The van der Waals surface area contributed by atoms with Gasteiger partial charge < -0.3 is 15.6 Å². The molecule has 1 aromatic heterocycles. The molecule has 0 spiro atoms. The molecule has 1 saturated heterocycles. The molecule has 0 aliphatic carbocycles. The second-order valence-electron chi connectivity index (χ2n) is 9.68. The highest BCUT2D eigenvalue weighted by atomic mass is 35.5. The number of halogens is 1. The average molecular weight is 457 g/mol. The Bertz CT molecular complexity index is 1060. The quantitative estimate of drug-likeness (QED) is 0.521. The van der Waals surface area contributed by atoms with Gasteiger partial charge in [0.1, 0.15) is 6.04 Å². The van der Waals surface area contributed by atoms with E-state index in [-0.39, 0.29) is 41.8 Å². The Morgan fingerprint density at radius 2 is 2.09 bits per heavy atom. The number of aromatic nitrogens is 1. The molecule has 0 saturated carbocycles. The van der Waals surface area contributed by atoms with Crippen molar-refractivity contribution in [3.05, 3.63) is 35.0 Å². The Balaban J connectivity index is 1.73. The summed E-state index contributed by atoms with van der Waals surface area (Å²) in [5, 5.41) is 16.4. The molecule has 2 aromatic rings. The summed E-state index contributed by atoms with van der Waals surface area (Å²) in [4.78, 5) is 41.0. The van der Waals surface area contributed by atoms with Crippen LogP contribution in [0.3, 0.4) is 0 Å². The van der Waals surface area contributed by atoms with Gasteiger partial charge in [-0.25, -0.2) is 0 Å². The first kappa shape index (κ1) is 23.8. The van der Waals surface area contributed by atoms with Crippen molar-refractivity contribution in [1.82, 2.24) is 15.6 Å². The molecule has 1 aliphatic heterocycles. The molecule has 3 rings (SSSR count). The fourth-order valence-corrected chi connectivity index (χ4v) is 4.42. The summed E-state index contributed by atoms with van der Waals surface area (Å²) in [5.74, 6) is -1.49. The highest BCUT2D eigenvalue weighted by Gasteiger charge is 2.32. The van der Waals surface area contributed by atoms with Crippen molar-refractivity contribution in [2.75, 3.05) is 6.54 Å². The number of rotatable bonds is 8. The maximum atomic E-state index is 13.1. The number of amides is 2. The lowest BCUT2D eigenvalue weighted by molar-refractivity contribution is -0.127. The van der Waals surface area contributed by atoms with Crippen LogP contribution in [-0.4, -0.2) is 35.2 Å². The first-order valence-electron chi connectivity index (χ1n) is 10.9. The molecular formula is C24H29ClN4O3. The van der Waals surface area contributed by atoms with E-state index < -0.39 is 12.0 Å². The van der Waals surface area contributed by atoms with Crippen LogP contribution in [0.15, 0.2) is 24.3 Å². The maximum Gasteiger partial charge on any atom is 0.224 e. The number of aromatic amines is 1. The molecule has 1 fully saturated rings. The summed E-state index contributed by atoms with van der Waals surface area (Å²) in [7, 11) is 0. The highest BCUT2D eigenvalue weighted by molar-refractivity contribution is 6.35. The minimum atomic E-state index is -0.777. The Morgan fingerprint density at radius 1 is 1.34 bits per heavy atom. The van der Waals surface area contributed by atoms with E-state index in [1.165, 1.54) is 0 Å². The van der Waals surface area contributed by atoms with Crippen LogP contribution < -0.4 is 10.6 Å². The van der Waals surface area contributed by atoms with Gasteiger partial charge in [0.25, 0.3) is 0 Å². The van der Waals surface area contributed by atoms with Crippen LogP contribution in [-0.2, 0) is 9.59 Å². The van der Waals surface area contributed by atoms with E-state index >= 15 is 0 Å². The van der Waals surface area contributed by atoms with Gasteiger partial charge in [-0.2, -0.15) is 5.26 Å². The number of nitriles is 1. The Labute approximate surface area is 192 Å². The third kappa shape index (κ3) is 5.89. The fourth-order valence-electron chi connectivity index (χ4n) is 4.19. The molecule has 1 aromatic carbocycles. The molecule has 2 heterocycles. The third-order valence-corrected chi connectivity index (χ3v) is 6.04. The van der Waals surface area contributed by atoms with E-state index in [4.69, 9.17) is 11.6 Å². The predicted octanol–water partition coefficient (Wildman–Crippen LogP) is 3.98. The minimum Gasteiger partial charge on any atom is -0.356 e. The molecule has 3 N–H and O–H groups in total. The minimum absolute atomic E-state index is 0.00953. The van der Waals surface area contributed by atoms with Crippen molar-refractivity contribution in [3.8, 4) is 6.07 Å². The van der Waals surface area contributed by atoms with Crippen LogP contribution in [0.5, 0.6) is 0 Å².